The van der Waals surface area contributed by atoms with Crippen molar-refractivity contribution in [1.82, 2.24) is 19.8 Å². The SMILES string of the molecule is O=S(=O)(Cc1noc2ccccc12)NCc1nc2ccccc2[nH]1. The Kier molecular flexibility index (Phi) is 3.55. The molecule has 0 amide bonds. The lowest BCUT2D eigenvalue weighted by Crippen LogP contribution is -2.25. The van der Waals surface area contributed by atoms with E-state index in [4.69, 9.17) is 4.52 Å². The van der Waals surface area contributed by atoms with Crippen molar-refractivity contribution in [1.29, 1.82) is 0 Å². The van der Waals surface area contributed by atoms with Crippen molar-refractivity contribution in [3.8, 4) is 0 Å². The van der Waals surface area contributed by atoms with E-state index in [-0.39, 0.29) is 12.3 Å². The first kappa shape index (κ1) is 14.9. The van der Waals surface area contributed by atoms with Crippen molar-refractivity contribution in [3.05, 3.63) is 60.0 Å². The molecule has 0 spiro atoms. The number of hydrogen-bond donors (Lipinski definition) is 2. The number of rotatable bonds is 5. The summed E-state index contributed by atoms with van der Waals surface area (Å²) in [5.74, 6) is 0.314. The van der Waals surface area contributed by atoms with Crippen LogP contribution in [0.1, 0.15) is 11.5 Å². The van der Waals surface area contributed by atoms with Gasteiger partial charge in [0, 0.05) is 5.39 Å². The summed E-state index contributed by atoms with van der Waals surface area (Å²) < 4.78 is 32.3. The van der Waals surface area contributed by atoms with Crippen LogP contribution in [-0.4, -0.2) is 23.5 Å². The topological polar surface area (TPSA) is 101 Å². The van der Waals surface area contributed by atoms with E-state index in [1.54, 1.807) is 12.1 Å². The van der Waals surface area contributed by atoms with Crippen LogP contribution in [0.5, 0.6) is 0 Å². The van der Waals surface area contributed by atoms with Crippen LogP contribution >= 0.6 is 0 Å². The molecule has 2 heterocycles. The molecule has 2 N–H and O–H groups in total. The minimum absolute atomic E-state index is 0.0901. The van der Waals surface area contributed by atoms with Crippen LogP contribution in [0.25, 0.3) is 22.0 Å². The molecule has 0 atom stereocenters. The van der Waals surface area contributed by atoms with E-state index in [1.165, 1.54) is 0 Å². The Morgan fingerprint density at radius 3 is 2.75 bits per heavy atom. The number of fused-ring (bicyclic) bond motifs is 2. The number of nitrogens with zero attached hydrogens (tertiary/aromatic N) is 2. The maximum atomic E-state index is 12.3. The fourth-order valence-corrected chi connectivity index (χ4v) is 3.57. The summed E-state index contributed by atoms with van der Waals surface area (Å²) in [6.07, 6.45) is 0. The van der Waals surface area contributed by atoms with Crippen molar-refractivity contribution < 1.29 is 12.9 Å². The molecule has 0 saturated carbocycles. The van der Waals surface area contributed by atoms with Crippen LogP contribution in [-0.2, 0) is 22.3 Å². The summed E-state index contributed by atoms with van der Waals surface area (Å²) in [7, 11) is -3.56. The third kappa shape index (κ3) is 2.89. The standard InChI is InChI=1S/C16H14N4O3S/c21-24(22,10-14-11-5-1-4-8-15(11)23-20-14)17-9-16-18-12-6-2-3-7-13(12)19-16/h1-8,17H,9-10H2,(H,18,19). The van der Waals surface area contributed by atoms with Crippen LogP contribution in [0.4, 0.5) is 0 Å². The van der Waals surface area contributed by atoms with Gasteiger partial charge in [0.2, 0.25) is 10.0 Å². The lowest BCUT2D eigenvalue weighted by Gasteiger charge is -2.03. The van der Waals surface area contributed by atoms with Crippen LogP contribution in [0.15, 0.2) is 53.1 Å². The van der Waals surface area contributed by atoms with Gasteiger partial charge < -0.3 is 9.51 Å². The van der Waals surface area contributed by atoms with Crippen LogP contribution in [0, 0.1) is 0 Å². The lowest BCUT2D eigenvalue weighted by atomic mass is 10.2. The molecule has 0 aliphatic heterocycles. The molecule has 4 aromatic rings. The molecule has 7 nitrogen and oxygen atoms in total. The van der Waals surface area contributed by atoms with Crippen molar-refractivity contribution in [2.75, 3.05) is 0 Å². The molecule has 24 heavy (non-hydrogen) atoms. The zero-order valence-electron chi connectivity index (χ0n) is 12.6. The molecule has 0 saturated heterocycles. The van der Waals surface area contributed by atoms with E-state index in [1.807, 2.05) is 36.4 Å². The van der Waals surface area contributed by atoms with E-state index in [2.05, 4.69) is 19.8 Å². The van der Waals surface area contributed by atoms with Crippen LogP contribution < -0.4 is 4.72 Å². The smallest absolute Gasteiger partial charge is 0.217 e. The molecule has 2 aromatic heterocycles. The first-order valence-electron chi connectivity index (χ1n) is 7.35. The maximum Gasteiger partial charge on any atom is 0.217 e. The Morgan fingerprint density at radius 1 is 1.08 bits per heavy atom. The number of imidazole rings is 1. The van der Waals surface area contributed by atoms with Gasteiger partial charge in [-0.1, -0.05) is 29.4 Å². The Labute approximate surface area is 137 Å². The number of aromatic amines is 1. The molecule has 122 valence electrons. The summed E-state index contributed by atoms with van der Waals surface area (Å²) in [6, 6.07) is 14.7. The number of sulfonamides is 1. The second kappa shape index (κ2) is 5.73. The van der Waals surface area contributed by atoms with E-state index >= 15 is 0 Å². The second-order valence-electron chi connectivity index (χ2n) is 5.41. The molecule has 0 radical (unpaired) electrons. The fraction of sp³-hybridized carbons (Fsp3) is 0.125. The van der Waals surface area contributed by atoms with Crippen LogP contribution in [0.3, 0.4) is 0 Å². The Bertz CT molecular complexity index is 1080. The van der Waals surface area contributed by atoms with Gasteiger partial charge in [0.25, 0.3) is 0 Å². The van der Waals surface area contributed by atoms with Crippen molar-refractivity contribution >= 4 is 32.0 Å². The normalized spacial score (nSPS) is 12.2. The predicted octanol–water partition coefficient (Wildman–Crippen LogP) is 2.32. The zero-order valence-corrected chi connectivity index (χ0v) is 13.4. The summed E-state index contributed by atoms with van der Waals surface area (Å²) in [6.45, 7) is 0.0901. The Hall–Kier alpha value is -2.71. The van der Waals surface area contributed by atoms with Gasteiger partial charge in [0.15, 0.2) is 5.58 Å². The van der Waals surface area contributed by atoms with Gasteiger partial charge in [0.1, 0.15) is 17.3 Å². The van der Waals surface area contributed by atoms with Crippen LogP contribution in [0.2, 0.25) is 0 Å². The van der Waals surface area contributed by atoms with E-state index in [0.29, 0.717) is 22.5 Å². The van der Waals surface area contributed by atoms with Crippen molar-refractivity contribution in [2.45, 2.75) is 12.3 Å². The first-order chi connectivity index (χ1) is 11.6. The molecule has 0 unspecified atom stereocenters. The highest BCUT2D eigenvalue weighted by atomic mass is 32.2. The number of aromatic nitrogens is 3. The molecular formula is C16H14N4O3S. The van der Waals surface area contributed by atoms with Gasteiger partial charge in [-0.3, -0.25) is 0 Å². The molecule has 0 aliphatic rings. The molecule has 4 rings (SSSR count). The Balaban J connectivity index is 1.51. The monoisotopic (exact) mass is 342 g/mol. The quantitative estimate of drug-likeness (QED) is 0.580. The second-order valence-corrected chi connectivity index (χ2v) is 7.21. The number of benzene rings is 2. The summed E-state index contributed by atoms with van der Waals surface area (Å²) in [5, 5.41) is 4.55. The fourth-order valence-electron chi connectivity index (χ4n) is 2.54. The molecule has 8 heteroatoms. The highest BCUT2D eigenvalue weighted by Crippen LogP contribution is 2.19. The Morgan fingerprint density at radius 2 is 1.88 bits per heavy atom. The van der Waals surface area contributed by atoms with Gasteiger partial charge in [0.05, 0.1) is 17.6 Å². The third-order valence-corrected chi connectivity index (χ3v) is 4.91. The number of nitrogens with one attached hydrogen (secondary N) is 2. The lowest BCUT2D eigenvalue weighted by molar-refractivity contribution is 0.448. The predicted molar refractivity (Wildman–Crippen MR) is 89.6 cm³/mol. The molecule has 0 aliphatic carbocycles. The highest BCUT2D eigenvalue weighted by molar-refractivity contribution is 7.88. The van der Waals surface area contributed by atoms with Crippen molar-refractivity contribution in [2.24, 2.45) is 0 Å². The van der Waals surface area contributed by atoms with Crippen molar-refractivity contribution in [3.63, 3.8) is 0 Å². The van der Waals surface area contributed by atoms with Gasteiger partial charge >= 0.3 is 0 Å². The van der Waals surface area contributed by atoms with Gasteiger partial charge in [-0.2, -0.15) is 0 Å². The van der Waals surface area contributed by atoms with E-state index < -0.39 is 10.0 Å². The third-order valence-electron chi connectivity index (χ3n) is 3.68. The average Bonchev–Trinajstić information content (AvgIpc) is 3.17. The van der Waals surface area contributed by atoms with Gasteiger partial charge in [-0.15, -0.1) is 0 Å². The summed E-state index contributed by atoms with van der Waals surface area (Å²) in [5.41, 5.74) is 2.63. The minimum Gasteiger partial charge on any atom is -0.356 e. The molecular weight excluding hydrogens is 328 g/mol. The summed E-state index contributed by atoms with van der Waals surface area (Å²) >= 11 is 0. The molecule has 2 aromatic carbocycles. The number of para-hydroxylation sites is 3. The summed E-state index contributed by atoms with van der Waals surface area (Å²) in [4.78, 5) is 7.43. The van der Waals surface area contributed by atoms with Gasteiger partial charge in [-0.05, 0) is 24.3 Å². The molecule has 0 fully saturated rings. The minimum atomic E-state index is -3.56. The number of H-pyrrole nitrogens is 1. The van der Waals surface area contributed by atoms with Gasteiger partial charge in [-0.25, -0.2) is 18.1 Å². The zero-order chi connectivity index (χ0) is 16.6. The first-order valence-corrected chi connectivity index (χ1v) is 9.00. The highest BCUT2D eigenvalue weighted by Gasteiger charge is 2.17. The number of hydrogen-bond acceptors (Lipinski definition) is 5. The van der Waals surface area contributed by atoms with E-state index in [0.717, 1.165) is 11.0 Å². The molecule has 0 bridgehead atoms. The average molecular weight is 342 g/mol. The van der Waals surface area contributed by atoms with E-state index in [9.17, 15) is 8.42 Å². The maximum absolute atomic E-state index is 12.3. The largest absolute Gasteiger partial charge is 0.356 e.